The maximum atomic E-state index is 13.4. The monoisotopic (exact) mass is 397 g/mol. The number of fused-ring (bicyclic) bond motifs is 1. The average Bonchev–Trinajstić information content (AvgIpc) is 2.93. The van der Waals surface area contributed by atoms with Crippen molar-refractivity contribution in [2.45, 2.75) is 17.4 Å². The molecule has 0 bridgehead atoms. The van der Waals surface area contributed by atoms with Crippen LogP contribution in [0.1, 0.15) is 6.42 Å². The minimum Gasteiger partial charge on any atom is -0.308 e. The molecule has 1 aromatic carbocycles. The molecule has 0 radical (unpaired) electrons. The summed E-state index contributed by atoms with van der Waals surface area (Å²) < 4.78 is 52.0. The van der Waals surface area contributed by atoms with Crippen LogP contribution >= 0.6 is 0 Å². The Labute approximate surface area is 154 Å². The lowest BCUT2D eigenvalue weighted by Crippen LogP contribution is -2.44. The quantitative estimate of drug-likeness (QED) is 0.722. The van der Waals surface area contributed by atoms with Gasteiger partial charge in [0.25, 0.3) is 0 Å². The normalized spacial score (nSPS) is 20.2. The van der Waals surface area contributed by atoms with E-state index in [1.165, 1.54) is 10.4 Å². The fourth-order valence-electron chi connectivity index (χ4n) is 3.21. The molecule has 1 aliphatic heterocycles. The van der Waals surface area contributed by atoms with Gasteiger partial charge < -0.3 is 4.90 Å². The number of benzene rings is 1. The molecule has 0 saturated carbocycles. The van der Waals surface area contributed by atoms with Crippen LogP contribution in [0, 0.1) is 0 Å². The van der Waals surface area contributed by atoms with Crippen molar-refractivity contribution < 1.29 is 16.8 Å². The van der Waals surface area contributed by atoms with Gasteiger partial charge in [0.1, 0.15) is 4.90 Å². The highest BCUT2D eigenvalue weighted by atomic mass is 32.2. The number of hydrogen-bond acceptors (Lipinski definition) is 6. The summed E-state index contributed by atoms with van der Waals surface area (Å²) in [5.41, 5.74) is 0.408. The molecule has 1 fully saturated rings. The molecule has 0 N–H and O–H groups in total. The van der Waals surface area contributed by atoms with Gasteiger partial charge in [-0.1, -0.05) is 18.2 Å². The number of hydrogen-bond donors (Lipinski definition) is 0. The van der Waals surface area contributed by atoms with Crippen LogP contribution in [0.2, 0.25) is 0 Å². The van der Waals surface area contributed by atoms with Crippen molar-refractivity contribution in [2.24, 2.45) is 0 Å². The molecule has 9 heteroatoms. The van der Waals surface area contributed by atoms with Crippen molar-refractivity contribution in [3.63, 3.8) is 0 Å². The molecular weight excluding hydrogens is 374 g/mol. The van der Waals surface area contributed by atoms with Crippen LogP contribution in [0.5, 0.6) is 0 Å². The molecule has 0 unspecified atom stereocenters. The zero-order valence-corrected chi connectivity index (χ0v) is 16.5. The van der Waals surface area contributed by atoms with Crippen molar-refractivity contribution in [1.29, 1.82) is 0 Å². The lowest BCUT2D eigenvalue weighted by molar-refractivity contribution is 0.293. The molecule has 0 spiro atoms. The summed E-state index contributed by atoms with van der Waals surface area (Å²) in [6, 6.07) is 8.07. The van der Waals surface area contributed by atoms with Gasteiger partial charge in [0.15, 0.2) is 9.84 Å². The first-order valence-corrected chi connectivity index (χ1v) is 11.7. The molecule has 1 aliphatic rings. The van der Waals surface area contributed by atoms with Crippen LogP contribution < -0.4 is 0 Å². The zero-order chi connectivity index (χ0) is 18.9. The van der Waals surface area contributed by atoms with E-state index >= 15 is 0 Å². The van der Waals surface area contributed by atoms with E-state index in [0.29, 0.717) is 18.5 Å². The Hall–Kier alpha value is -1.55. The van der Waals surface area contributed by atoms with Crippen LogP contribution in [0.3, 0.4) is 0 Å². The molecule has 1 aromatic heterocycles. The Kier molecular flexibility index (Phi) is 5.34. The van der Waals surface area contributed by atoms with Gasteiger partial charge in [-0.05, 0) is 32.6 Å². The Balaban J connectivity index is 2.06. The molecule has 26 heavy (non-hydrogen) atoms. The van der Waals surface area contributed by atoms with Crippen molar-refractivity contribution in [2.75, 3.05) is 38.7 Å². The fourth-order valence-corrected chi connectivity index (χ4v) is 6.85. The second-order valence-electron chi connectivity index (χ2n) is 6.81. The molecule has 1 atom stereocenters. The molecule has 142 valence electrons. The first-order valence-electron chi connectivity index (χ1n) is 8.41. The number of sulfone groups is 1. The summed E-state index contributed by atoms with van der Waals surface area (Å²) in [4.78, 5) is 6.25. The van der Waals surface area contributed by atoms with E-state index in [9.17, 15) is 16.8 Å². The second kappa shape index (κ2) is 7.22. The van der Waals surface area contributed by atoms with Crippen LogP contribution in [0.15, 0.2) is 41.4 Å². The van der Waals surface area contributed by atoms with E-state index in [1.54, 1.807) is 18.3 Å². The number of rotatable bonds is 6. The topological polar surface area (TPSA) is 87.7 Å². The Morgan fingerprint density at radius 3 is 2.54 bits per heavy atom. The number of pyridine rings is 1. The molecule has 2 aromatic rings. The molecule has 2 heterocycles. The maximum absolute atomic E-state index is 13.4. The van der Waals surface area contributed by atoms with Gasteiger partial charge in [-0.15, -0.1) is 0 Å². The average molecular weight is 398 g/mol. The fraction of sp³-hybridized carbons (Fsp3) is 0.471. The Morgan fingerprint density at radius 1 is 1.15 bits per heavy atom. The minimum absolute atomic E-state index is 0.0272. The van der Waals surface area contributed by atoms with E-state index in [1.807, 2.05) is 31.1 Å². The highest BCUT2D eigenvalue weighted by Gasteiger charge is 2.39. The third kappa shape index (κ3) is 3.90. The highest BCUT2D eigenvalue weighted by Crippen LogP contribution is 2.28. The van der Waals surface area contributed by atoms with Gasteiger partial charge in [-0.2, -0.15) is 4.31 Å². The summed E-state index contributed by atoms with van der Waals surface area (Å²) in [5.74, 6) is -0.0999. The number of nitrogens with zero attached hydrogens (tertiary/aromatic N) is 3. The second-order valence-corrected chi connectivity index (χ2v) is 10.9. The summed E-state index contributed by atoms with van der Waals surface area (Å²) in [6.07, 6.45) is 1.89. The highest BCUT2D eigenvalue weighted by molar-refractivity contribution is 7.92. The number of likely N-dealkylation sites (N-methyl/N-ethyl adjacent to an activating group) is 1. The number of sulfonamides is 1. The van der Waals surface area contributed by atoms with Crippen molar-refractivity contribution in [3.8, 4) is 0 Å². The van der Waals surface area contributed by atoms with Gasteiger partial charge in [0, 0.05) is 30.7 Å². The molecule has 0 amide bonds. The molecule has 1 saturated heterocycles. The van der Waals surface area contributed by atoms with Crippen LogP contribution in [-0.2, 0) is 19.9 Å². The summed E-state index contributed by atoms with van der Waals surface area (Å²) in [7, 11) is -3.36. The van der Waals surface area contributed by atoms with Crippen molar-refractivity contribution in [1.82, 2.24) is 14.2 Å². The van der Waals surface area contributed by atoms with Crippen LogP contribution in [-0.4, -0.2) is 75.8 Å². The third-order valence-electron chi connectivity index (χ3n) is 4.57. The standard InChI is InChI=1S/C17H23N3O4S2/c1-19(2)10-11-20(15-8-12-25(21,22)13-15)26(23,24)16-7-3-5-14-6-4-9-18-17(14)16/h3-7,9,15H,8,10-13H2,1-2H3/t15-/m0/s1. The zero-order valence-electron chi connectivity index (χ0n) is 14.9. The molecule has 3 rings (SSSR count). The van der Waals surface area contributed by atoms with Crippen molar-refractivity contribution >= 4 is 30.8 Å². The third-order valence-corrected chi connectivity index (χ3v) is 8.30. The largest absolute Gasteiger partial charge is 0.308 e. The van der Waals surface area contributed by atoms with Gasteiger partial charge in [-0.3, -0.25) is 4.98 Å². The van der Waals surface area contributed by atoms with E-state index < -0.39 is 25.9 Å². The predicted molar refractivity (Wildman–Crippen MR) is 101 cm³/mol. The maximum Gasteiger partial charge on any atom is 0.245 e. The van der Waals surface area contributed by atoms with Crippen molar-refractivity contribution in [3.05, 3.63) is 36.5 Å². The molecule has 0 aliphatic carbocycles. The minimum atomic E-state index is -3.88. The van der Waals surface area contributed by atoms with E-state index in [2.05, 4.69) is 4.98 Å². The van der Waals surface area contributed by atoms with E-state index in [0.717, 1.165) is 5.39 Å². The summed E-state index contributed by atoms with van der Waals surface area (Å²) >= 11 is 0. The molecular formula is C17H23N3O4S2. The first kappa shape index (κ1) is 19.2. The predicted octanol–water partition coefficient (Wildman–Crippen LogP) is 0.974. The number of aromatic nitrogens is 1. The Morgan fingerprint density at radius 2 is 1.88 bits per heavy atom. The lowest BCUT2D eigenvalue weighted by atomic mass is 10.2. The van der Waals surface area contributed by atoms with Crippen LogP contribution in [0.4, 0.5) is 0 Å². The van der Waals surface area contributed by atoms with E-state index in [-0.39, 0.29) is 22.9 Å². The van der Waals surface area contributed by atoms with Gasteiger partial charge in [0.2, 0.25) is 10.0 Å². The Bertz CT molecular complexity index is 998. The van der Waals surface area contributed by atoms with Gasteiger partial charge >= 0.3 is 0 Å². The summed E-state index contributed by atoms with van der Waals surface area (Å²) in [5, 5.41) is 0.736. The SMILES string of the molecule is CN(C)CCN([C@H]1CCS(=O)(=O)C1)S(=O)(=O)c1cccc2cccnc12. The summed E-state index contributed by atoms with van der Waals surface area (Å²) in [6.45, 7) is 0.743. The molecule has 7 nitrogen and oxygen atoms in total. The van der Waals surface area contributed by atoms with E-state index in [4.69, 9.17) is 0 Å². The van der Waals surface area contributed by atoms with Crippen LogP contribution in [0.25, 0.3) is 10.9 Å². The van der Waals surface area contributed by atoms with Gasteiger partial charge in [0.05, 0.1) is 17.0 Å². The smallest absolute Gasteiger partial charge is 0.245 e. The lowest BCUT2D eigenvalue weighted by Gasteiger charge is -2.28. The number of para-hydroxylation sites is 1. The van der Waals surface area contributed by atoms with Gasteiger partial charge in [-0.25, -0.2) is 16.8 Å². The first-order chi connectivity index (χ1) is 12.2.